The molecule has 2 heterocycles. The van der Waals surface area contributed by atoms with Crippen molar-refractivity contribution in [3.8, 4) is 0 Å². The molecule has 0 spiro atoms. The van der Waals surface area contributed by atoms with E-state index in [0.29, 0.717) is 0 Å². The summed E-state index contributed by atoms with van der Waals surface area (Å²) in [6.45, 7) is 1.06. The Balaban J connectivity index is 2.27. The van der Waals surface area contributed by atoms with Crippen molar-refractivity contribution in [3.63, 3.8) is 0 Å². The fourth-order valence-electron chi connectivity index (χ4n) is 2.82. The van der Waals surface area contributed by atoms with Gasteiger partial charge in [0.05, 0.1) is 26.7 Å². The van der Waals surface area contributed by atoms with Crippen molar-refractivity contribution < 1.29 is 4.48 Å². The lowest BCUT2D eigenvalue weighted by Crippen LogP contribution is -2.33. The molecule has 1 aliphatic rings. The van der Waals surface area contributed by atoms with Gasteiger partial charge >= 0.3 is 0 Å². The van der Waals surface area contributed by atoms with Gasteiger partial charge in [0.15, 0.2) is 0 Å². The first-order valence-corrected chi connectivity index (χ1v) is 6.81. The monoisotopic (exact) mass is 253 g/mol. The number of fused-ring (bicyclic) bond motifs is 3. The molecule has 2 aromatic rings. The number of aromatic nitrogens is 1. The number of quaternary nitrogens is 1. The molecule has 19 heavy (non-hydrogen) atoms. The van der Waals surface area contributed by atoms with Gasteiger partial charge in [0.1, 0.15) is 6.54 Å². The summed E-state index contributed by atoms with van der Waals surface area (Å²) in [6.07, 6.45) is 9.70. The van der Waals surface area contributed by atoms with Crippen molar-refractivity contribution in [2.75, 3.05) is 21.1 Å². The van der Waals surface area contributed by atoms with Crippen LogP contribution < -0.4 is 0 Å². The molecule has 0 fully saturated rings. The molecule has 0 atom stereocenters. The highest BCUT2D eigenvalue weighted by Gasteiger charge is 2.20. The van der Waals surface area contributed by atoms with Crippen LogP contribution in [0.2, 0.25) is 0 Å². The van der Waals surface area contributed by atoms with E-state index in [1.807, 2.05) is 0 Å². The van der Waals surface area contributed by atoms with Gasteiger partial charge in [0, 0.05) is 29.3 Å². The van der Waals surface area contributed by atoms with E-state index >= 15 is 0 Å². The molecular weight excluding hydrogens is 232 g/mol. The maximum absolute atomic E-state index is 2.35. The highest BCUT2D eigenvalue weighted by Crippen LogP contribution is 2.30. The predicted molar refractivity (Wildman–Crippen MR) is 81.8 cm³/mol. The Hall–Kier alpha value is -1.80. The number of allylic oxidation sites excluding steroid dienone is 3. The zero-order valence-corrected chi connectivity index (χ0v) is 11.9. The Labute approximate surface area is 114 Å². The van der Waals surface area contributed by atoms with Gasteiger partial charge in [-0.2, -0.15) is 0 Å². The van der Waals surface area contributed by atoms with Crippen molar-refractivity contribution in [1.82, 2.24) is 4.57 Å². The summed E-state index contributed by atoms with van der Waals surface area (Å²) in [5, 5.41) is 1.39. The van der Waals surface area contributed by atoms with E-state index in [-0.39, 0.29) is 0 Å². The van der Waals surface area contributed by atoms with Gasteiger partial charge in [-0.05, 0) is 12.1 Å². The second-order valence-electron chi connectivity index (χ2n) is 6.23. The second-order valence-corrected chi connectivity index (χ2v) is 6.23. The highest BCUT2D eigenvalue weighted by molar-refractivity contribution is 5.87. The average Bonchev–Trinajstić information content (AvgIpc) is 2.54. The summed E-state index contributed by atoms with van der Waals surface area (Å²) in [4.78, 5) is 0. The molecule has 1 aromatic heterocycles. The van der Waals surface area contributed by atoms with E-state index in [9.17, 15) is 0 Å². The molecule has 0 N–H and O–H groups in total. The Morgan fingerprint density at radius 1 is 1.11 bits per heavy atom. The van der Waals surface area contributed by atoms with Crippen LogP contribution >= 0.6 is 0 Å². The standard InChI is InChI=1S/C17H21N2/c1-19(2,3)13-15-14-9-6-7-11-16(14)18-12-8-4-5-10-17(15)18/h4-9,11-12H,10,13H2,1-3H3/q+1. The zero-order chi connectivity index (χ0) is 13.5. The molecule has 3 rings (SSSR count). The molecule has 0 aliphatic carbocycles. The number of nitrogens with zero attached hydrogens (tertiary/aromatic N) is 2. The lowest BCUT2D eigenvalue weighted by Gasteiger charge is -2.24. The third-order valence-corrected chi connectivity index (χ3v) is 3.55. The maximum atomic E-state index is 2.35. The minimum atomic E-state index is 0.953. The van der Waals surface area contributed by atoms with E-state index < -0.39 is 0 Å². The second kappa shape index (κ2) is 4.39. The highest BCUT2D eigenvalue weighted by atomic mass is 15.3. The normalized spacial score (nSPS) is 14.7. The van der Waals surface area contributed by atoms with Gasteiger partial charge in [0.25, 0.3) is 0 Å². The van der Waals surface area contributed by atoms with E-state index in [1.165, 1.54) is 22.2 Å². The van der Waals surface area contributed by atoms with E-state index in [1.54, 1.807) is 0 Å². The summed E-state index contributed by atoms with van der Waals surface area (Å²) in [5.74, 6) is 0. The van der Waals surface area contributed by atoms with Crippen LogP contribution in [-0.4, -0.2) is 30.2 Å². The summed E-state index contributed by atoms with van der Waals surface area (Å²) in [7, 11) is 6.75. The van der Waals surface area contributed by atoms with Gasteiger partial charge in [-0.1, -0.05) is 30.4 Å². The third-order valence-electron chi connectivity index (χ3n) is 3.55. The Morgan fingerprint density at radius 2 is 1.89 bits per heavy atom. The number of hydrogen-bond donors (Lipinski definition) is 0. The Kier molecular flexibility index (Phi) is 2.83. The van der Waals surface area contributed by atoms with Crippen LogP contribution in [0.5, 0.6) is 0 Å². The molecule has 0 saturated carbocycles. The molecule has 1 aromatic carbocycles. The van der Waals surface area contributed by atoms with Crippen molar-refractivity contribution in [1.29, 1.82) is 0 Å². The summed E-state index contributed by atoms with van der Waals surface area (Å²) >= 11 is 0. The zero-order valence-electron chi connectivity index (χ0n) is 11.9. The first-order valence-electron chi connectivity index (χ1n) is 6.81. The maximum Gasteiger partial charge on any atom is 0.106 e. The first kappa shape index (κ1) is 12.2. The quantitative estimate of drug-likeness (QED) is 0.723. The SMILES string of the molecule is C[N+](C)(C)Cc1c2n(c3ccccc13)C=CC=CC2. The average molecular weight is 253 g/mol. The Bertz CT molecular complexity index is 666. The minimum Gasteiger partial charge on any atom is -0.327 e. The van der Waals surface area contributed by atoms with Crippen LogP contribution in [0.4, 0.5) is 0 Å². The molecule has 98 valence electrons. The fraction of sp³-hybridized carbons (Fsp3) is 0.294. The van der Waals surface area contributed by atoms with Crippen molar-refractivity contribution >= 4 is 17.1 Å². The smallest absolute Gasteiger partial charge is 0.106 e. The van der Waals surface area contributed by atoms with E-state index in [0.717, 1.165) is 17.4 Å². The van der Waals surface area contributed by atoms with Crippen LogP contribution in [0, 0.1) is 0 Å². The van der Waals surface area contributed by atoms with Crippen LogP contribution in [0.3, 0.4) is 0 Å². The molecule has 0 unspecified atom stereocenters. The van der Waals surface area contributed by atoms with Gasteiger partial charge < -0.3 is 9.05 Å². The Morgan fingerprint density at radius 3 is 2.68 bits per heavy atom. The molecule has 0 saturated heterocycles. The topological polar surface area (TPSA) is 4.93 Å². The van der Waals surface area contributed by atoms with Crippen LogP contribution in [0.25, 0.3) is 17.1 Å². The van der Waals surface area contributed by atoms with Crippen LogP contribution in [0.15, 0.2) is 42.5 Å². The number of para-hydroxylation sites is 1. The van der Waals surface area contributed by atoms with Gasteiger partial charge in [0.2, 0.25) is 0 Å². The molecule has 0 radical (unpaired) electrons. The molecular formula is C17H21N2+. The van der Waals surface area contributed by atoms with Crippen LogP contribution in [0.1, 0.15) is 11.3 Å². The molecule has 2 nitrogen and oxygen atoms in total. The molecule has 2 heteroatoms. The fourth-order valence-corrected chi connectivity index (χ4v) is 2.82. The van der Waals surface area contributed by atoms with Crippen molar-refractivity contribution in [2.45, 2.75) is 13.0 Å². The van der Waals surface area contributed by atoms with Crippen molar-refractivity contribution in [2.24, 2.45) is 0 Å². The predicted octanol–water partition coefficient (Wildman–Crippen LogP) is 3.43. The summed E-state index contributed by atoms with van der Waals surface area (Å²) in [5.41, 5.74) is 4.24. The summed E-state index contributed by atoms with van der Waals surface area (Å²) in [6, 6.07) is 8.73. The van der Waals surface area contributed by atoms with E-state index in [2.05, 4.69) is 74.4 Å². The van der Waals surface area contributed by atoms with Gasteiger partial charge in [-0.3, -0.25) is 0 Å². The number of hydrogen-bond acceptors (Lipinski definition) is 0. The number of benzene rings is 1. The van der Waals surface area contributed by atoms with Gasteiger partial charge in [-0.15, -0.1) is 0 Å². The largest absolute Gasteiger partial charge is 0.327 e. The number of rotatable bonds is 2. The first-order chi connectivity index (χ1) is 9.06. The lowest BCUT2D eigenvalue weighted by atomic mass is 10.1. The van der Waals surface area contributed by atoms with E-state index in [4.69, 9.17) is 0 Å². The van der Waals surface area contributed by atoms with Gasteiger partial charge in [-0.25, -0.2) is 0 Å². The summed E-state index contributed by atoms with van der Waals surface area (Å²) < 4.78 is 3.30. The van der Waals surface area contributed by atoms with Crippen LogP contribution in [-0.2, 0) is 13.0 Å². The van der Waals surface area contributed by atoms with Crippen molar-refractivity contribution in [3.05, 3.63) is 53.8 Å². The minimum absolute atomic E-state index is 0.953. The third kappa shape index (κ3) is 2.24. The molecule has 0 amide bonds. The molecule has 0 bridgehead atoms. The lowest BCUT2D eigenvalue weighted by molar-refractivity contribution is -0.883. The molecule has 1 aliphatic heterocycles.